The minimum absolute atomic E-state index is 0.307. The molecule has 1 atom stereocenters. The van der Waals surface area contributed by atoms with Crippen molar-refractivity contribution in [2.45, 2.75) is 13.0 Å². The molecule has 0 amide bonds. The molecule has 0 bridgehead atoms. The summed E-state index contributed by atoms with van der Waals surface area (Å²) in [6, 6.07) is 6.79. The maximum atomic E-state index is 10.8. The molecule has 0 aliphatic carbocycles. The number of nitrogens with zero attached hydrogens (tertiary/aromatic N) is 1. The molecule has 0 spiro atoms. The molecule has 0 fully saturated rings. The molecule has 0 aliphatic heterocycles. The van der Waals surface area contributed by atoms with Gasteiger partial charge in [0.25, 0.3) is 0 Å². The van der Waals surface area contributed by atoms with E-state index in [1.54, 1.807) is 38.3 Å². The number of ether oxygens (including phenoxy) is 1. The molecule has 0 aromatic heterocycles. The fraction of sp³-hybridized carbons (Fsp3) is 0.385. The number of carboxylic acid groups (broad SMARTS) is 2. The first-order valence-corrected chi connectivity index (χ1v) is 5.75. The lowest BCUT2D eigenvalue weighted by atomic mass is 10.1. The summed E-state index contributed by atoms with van der Waals surface area (Å²) in [5.41, 5.74) is 0.836. The van der Waals surface area contributed by atoms with Gasteiger partial charge in [0.1, 0.15) is 5.75 Å². The van der Waals surface area contributed by atoms with Gasteiger partial charge in [0.15, 0.2) is 0 Å². The lowest BCUT2D eigenvalue weighted by Crippen LogP contribution is -2.36. The Morgan fingerprint density at radius 3 is 2.00 bits per heavy atom. The Labute approximate surface area is 111 Å². The molecule has 0 saturated carbocycles. The fourth-order valence-electron chi connectivity index (χ4n) is 1.77. The molecule has 104 valence electrons. The normalized spacial score (nSPS) is 12.2. The largest absolute Gasteiger partial charge is 0.497 e. The summed E-state index contributed by atoms with van der Waals surface area (Å²) < 4.78 is 5.04. The number of rotatable bonds is 7. The van der Waals surface area contributed by atoms with Crippen molar-refractivity contribution in [2.24, 2.45) is 0 Å². The zero-order valence-corrected chi connectivity index (χ0v) is 10.9. The second-order valence-corrected chi connectivity index (χ2v) is 4.14. The van der Waals surface area contributed by atoms with Gasteiger partial charge in [-0.3, -0.25) is 14.5 Å². The van der Waals surface area contributed by atoms with Gasteiger partial charge in [-0.1, -0.05) is 12.1 Å². The Hall–Kier alpha value is -2.08. The Morgan fingerprint density at radius 2 is 1.63 bits per heavy atom. The third-order valence-corrected chi connectivity index (χ3v) is 2.82. The average Bonchev–Trinajstić information content (AvgIpc) is 2.36. The Kier molecular flexibility index (Phi) is 5.32. The van der Waals surface area contributed by atoms with Crippen molar-refractivity contribution in [1.82, 2.24) is 4.90 Å². The summed E-state index contributed by atoms with van der Waals surface area (Å²) in [6.07, 6.45) is 0. The maximum absolute atomic E-state index is 10.8. The molecule has 0 aliphatic rings. The summed E-state index contributed by atoms with van der Waals surface area (Å²) in [5, 5.41) is 17.6. The highest BCUT2D eigenvalue weighted by molar-refractivity contribution is 5.72. The van der Waals surface area contributed by atoms with Crippen LogP contribution < -0.4 is 4.74 Å². The van der Waals surface area contributed by atoms with Crippen molar-refractivity contribution in [1.29, 1.82) is 0 Å². The first-order chi connectivity index (χ1) is 8.93. The molecule has 6 nitrogen and oxygen atoms in total. The zero-order chi connectivity index (χ0) is 14.4. The molecule has 6 heteroatoms. The van der Waals surface area contributed by atoms with Crippen LogP contribution in [0.5, 0.6) is 5.75 Å². The van der Waals surface area contributed by atoms with Crippen LogP contribution in [-0.4, -0.2) is 47.3 Å². The first kappa shape index (κ1) is 15.0. The second-order valence-electron chi connectivity index (χ2n) is 4.14. The molecular weight excluding hydrogens is 250 g/mol. The van der Waals surface area contributed by atoms with E-state index in [9.17, 15) is 9.59 Å². The highest BCUT2D eigenvalue weighted by atomic mass is 16.5. The summed E-state index contributed by atoms with van der Waals surface area (Å²) >= 11 is 0. The van der Waals surface area contributed by atoms with Gasteiger partial charge in [-0.05, 0) is 24.6 Å². The molecule has 1 unspecified atom stereocenters. The van der Waals surface area contributed by atoms with Gasteiger partial charge < -0.3 is 14.9 Å². The van der Waals surface area contributed by atoms with E-state index in [4.69, 9.17) is 14.9 Å². The molecule has 2 N–H and O–H groups in total. The molecule has 19 heavy (non-hydrogen) atoms. The van der Waals surface area contributed by atoms with Crippen molar-refractivity contribution >= 4 is 11.9 Å². The van der Waals surface area contributed by atoms with E-state index in [0.29, 0.717) is 5.75 Å². The maximum Gasteiger partial charge on any atom is 0.317 e. The van der Waals surface area contributed by atoms with E-state index in [0.717, 1.165) is 5.56 Å². The van der Waals surface area contributed by atoms with Crippen LogP contribution >= 0.6 is 0 Å². The number of methoxy groups -OCH3 is 1. The number of carbonyl (C=O) groups is 2. The van der Waals surface area contributed by atoms with Gasteiger partial charge in [-0.25, -0.2) is 0 Å². The topological polar surface area (TPSA) is 87.1 Å². The highest BCUT2D eigenvalue weighted by Gasteiger charge is 2.20. The van der Waals surface area contributed by atoms with Crippen LogP contribution in [0.2, 0.25) is 0 Å². The lowest BCUT2D eigenvalue weighted by molar-refractivity contribution is -0.142. The monoisotopic (exact) mass is 267 g/mol. The van der Waals surface area contributed by atoms with E-state index in [1.165, 1.54) is 4.90 Å². The van der Waals surface area contributed by atoms with Gasteiger partial charge >= 0.3 is 11.9 Å². The quantitative estimate of drug-likeness (QED) is 0.772. The van der Waals surface area contributed by atoms with Crippen LogP contribution in [0.25, 0.3) is 0 Å². The summed E-state index contributed by atoms with van der Waals surface area (Å²) in [5.74, 6) is -1.41. The molecule has 0 heterocycles. The molecule has 0 saturated heterocycles. The minimum Gasteiger partial charge on any atom is -0.497 e. The van der Waals surface area contributed by atoms with Crippen LogP contribution in [0.3, 0.4) is 0 Å². The SMILES string of the molecule is COc1ccc(C(C)N(CC(=O)O)CC(=O)O)cc1. The number of benzene rings is 1. The standard InChI is InChI=1S/C13H17NO5/c1-9(10-3-5-11(19-2)6-4-10)14(7-12(15)16)8-13(17)18/h3-6,9H,7-8H2,1-2H3,(H,15,16)(H,17,18). The predicted molar refractivity (Wildman–Crippen MR) is 68.3 cm³/mol. The Balaban J connectivity index is 2.86. The van der Waals surface area contributed by atoms with Gasteiger partial charge in [0.05, 0.1) is 20.2 Å². The minimum atomic E-state index is -1.05. The van der Waals surface area contributed by atoms with Crippen molar-refractivity contribution in [3.63, 3.8) is 0 Å². The smallest absolute Gasteiger partial charge is 0.317 e. The number of hydrogen-bond acceptors (Lipinski definition) is 4. The number of hydrogen-bond donors (Lipinski definition) is 2. The van der Waals surface area contributed by atoms with E-state index in [1.807, 2.05) is 0 Å². The molecule has 1 rings (SSSR count). The Bertz CT molecular complexity index is 427. The lowest BCUT2D eigenvalue weighted by Gasteiger charge is -2.26. The number of carboxylic acids is 2. The highest BCUT2D eigenvalue weighted by Crippen LogP contribution is 2.22. The fourth-order valence-corrected chi connectivity index (χ4v) is 1.77. The van der Waals surface area contributed by atoms with E-state index in [-0.39, 0.29) is 19.1 Å². The van der Waals surface area contributed by atoms with E-state index in [2.05, 4.69) is 0 Å². The van der Waals surface area contributed by atoms with Gasteiger partial charge in [0, 0.05) is 6.04 Å². The van der Waals surface area contributed by atoms with Crippen molar-refractivity contribution in [3.05, 3.63) is 29.8 Å². The summed E-state index contributed by atoms with van der Waals surface area (Å²) in [4.78, 5) is 22.9. The van der Waals surface area contributed by atoms with E-state index < -0.39 is 11.9 Å². The summed E-state index contributed by atoms with van der Waals surface area (Å²) in [6.45, 7) is 1.13. The van der Waals surface area contributed by atoms with Gasteiger partial charge in [-0.2, -0.15) is 0 Å². The van der Waals surface area contributed by atoms with Crippen LogP contribution in [-0.2, 0) is 9.59 Å². The van der Waals surface area contributed by atoms with Gasteiger partial charge in [0.2, 0.25) is 0 Å². The van der Waals surface area contributed by atoms with Crippen LogP contribution in [0, 0.1) is 0 Å². The zero-order valence-electron chi connectivity index (χ0n) is 10.9. The first-order valence-electron chi connectivity index (χ1n) is 5.75. The molecule has 1 aromatic rings. The molecular formula is C13H17NO5. The van der Waals surface area contributed by atoms with Crippen LogP contribution in [0.15, 0.2) is 24.3 Å². The van der Waals surface area contributed by atoms with Crippen molar-refractivity contribution < 1.29 is 24.5 Å². The second kappa shape index (κ2) is 6.75. The average molecular weight is 267 g/mol. The predicted octanol–water partition coefficient (Wildman–Crippen LogP) is 1.23. The third kappa shape index (κ3) is 4.59. The van der Waals surface area contributed by atoms with Crippen molar-refractivity contribution in [3.8, 4) is 5.75 Å². The van der Waals surface area contributed by atoms with Crippen molar-refractivity contribution in [2.75, 3.05) is 20.2 Å². The number of aliphatic carboxylic acids is 2. The third-order valence-electron chi connectivity index (χ3n) is 2.82. The van der Waals surface area contributed by atoms with Crippen LogP contribution in [0.1, 0.15) is 18.5 Å². The van der Waals surface area contributed by atoms with Gasteiger partial charge in [-0.15, -0.1) is 0 Å². The van der Waals surface area contributed by atoms with Crippen LogP contribution in [0.4, 0.5) is 0 Å². The summed E-state index contributed by atoms with van der Waals surface area (Å²) in [7, 11) is 1.56. The Morgan fingerprint density at radius 1 is 1.16 bits per heavy atom. The molecule has 0 radical (unpaired) electrons. The molecule has 1 aromatic carbocycles. The van der Waals surface area contributed by atoms with E-state index >= 15 is 0 Å².